The molecule has 1 heterocycles. The van der Waals surface area contributed by atoms with Crippen LogP contribution in [0.3, 0.4) is 0 Å². The summed E-state index contributed by atoms with van der Waals surface area (Å²) in [6.45, 7) is 0.367. The van der Waals surface area contributed by atoms with Crippen molar-refractivity contribution in [1.82, 2.24) is 5.01 Å². The monoisotopic (exact) mass is 101 g/mol. The summed E-state index contributed by atoms with van der Waals surface area (Å²) in [6.07, 6.45) is 1.53. The summed E-state index contributed by atoms with van der Waals surface area (Å²) < 4.78 is 4.70. The lowest BCUT2D eigenvalue weighted by molar-refractivity contribution is 0.152. The molecule has 0 amide bonds. The molecule has 4 heteroatoms. The van der Waals surface area contributed by atoms with Crippen LogP contribution in [-0.4, -0.2) is 11.7 Å². The number of rotatable bonds is 0. The Hall–Kier alpha value is -0.900. The molecule has 7 heavy (non-hydrogen) atoms. The number of ether oxygens (including phenoxy) is 1. The molecule has 0 atom stereocenters. The highest BCUT2D eigenvalue weighted by Gasteiger charge is 2.03. The van der Waals surface area contributed by atoms with Crippen LogP contribution >= 0.6 is 0 Å². The summed E-state index contributed by atoms with van der Waals surface area (Å²) in [6, 6.07) is 0. The summed E-state index contributed by atoms with van der Waals surface area (Å²) in [5.41, 5.74) is 5.14. The van der Waals surface area contributed by atoms with E-state index in [1.54, 1.807) is 0 Å². The SMILES string of the molecule is NC1=CN(N)CO1. The van der Waals surface area contributed by atoms with Gasteiger partial charge in [0.2, 0.25) is 5.88 Å². The summed E-state index contributed by atoms with van der Waals surface area (Å²) in [5, 5.41) is 1.37. The van der Waals surface area contributed by atoms with Gasteiger partial charge in [0.1, 0.15) is 0 Å². The normalized spacial score (nSPS) is 19.0. The van der Waals surface area contributed by atoms with Gasteiger partial charge in [-0.2, -0.15) is 0 Å². The van der Waals surface area contributed by atoms with Gasteiger partial charge in [-0.3, -0.25) is 5.01 Å². The van der Waals surface area contributed by atoms with Crippen LogP contribution in [0.2, 0.25) is 0 Å². The van der Waals surface area contributed by atoms with E-state index in [0.29, 0.717) is 12.6 Å². The minimum atomic E-state index is 0.367. The van der Waals surface area contributed by atoms with E-state index in [0.717, 1.165) is 0 Å². The zero-order chi connectivity index (χ0) is 5.28. The van der Waals surface area contributed by atoms with Crippen molar-refractivity contribution in [3.8, 4) is 0 Å². The van der Waals surface area contributed by atoms with E-state index in [4.69, 9.17) is 16.3 Å². The molecule has 0 fully saturated rings. The first-order valence-electron chi connectivity index (χ1n) is 1.90. The summed E-state index contributed by atoms with van der Waals surface area (Å²) >= 11 is 0. The van der Waals surface area contributed by atoms with Crippen molar-refractivity contribution in [2.24, 2.45) is 11.6 Å². The van der Waals surface area contributed by atoms with Crippen LogP contribution in [0.25, 0.3) is 0 Å². The van der Waals surface area contributed by atoms with E-state index >= 15 is 0 Å². The molecule has 4 N–H and O–H groups in total. The van der Waals surface area contributed by atoms with Gasteiger partial charge in [-0.25, -0.2) is 5.84 Å². The molecule has 0 aliphatic carbocycles. The Balaban J connectivity index is 2.50. The molecule has 1 aliphatic rings. The van der Waals surface area contributed by atoms with Crippen LogP contribution < -0.4 is 11.6 Å². The van der Waals surface area contributed by atoms with Crippen LogP contribution in [0.4, 0.5) is 0 Å². The van der Waals surface area contributed by atoms with Gasteiger partial charge >= 0.3 is 0 Å². The standard InChI is InChI=1S/C3H7N3O/c4-3-1-6(5)2-7-3/h1H,2,4-5H2. The lowest BCUT2D eigenvalue weighted by atomic mass is 10.9. The predicted octanol–water partition coefficient (Wildman–Crippen LogP) is -1.09. The van der Waals surface area contributed by atoms with Crippen molar-refractivity contribution in [1.29, 1.82) is 0 Å². The topological polar surface area (TPSA) is 64.5 Å². The van der Waals surface area contributed by atoms with E-state index < -0.39 is 0 Å². The Kier molecular flexibility index (Phi) is 0.796. The minimum Gasteiger partial charge on any atom is -0.456 e. The van der Waals surface area contributed by atoms with Crippen molar-refractivity contribution >= 4 is 0 Å². The van der Waals surface area contributed by atoms with Gasteiger partial charge in [0.05, 0.1) is 6.20 Å². The summed E-state index contributed by atoms with van der Waals surface area (Å²) in [4.78, 5) is 0. The average Bonchev–Trinajstić information content (AvgIpc) is 1.87. The average molecular weight is 101 g/mol. The van der Waals surface area contributed by atoms with Crippen LogP contribution in [0, 0.1) is 0 Å². The third-order valence-electron chi connectivity index (χ3n) is 0.673. The van der Waals surface area contributed by atoms with Gasteiger partial charge in [-0.05, 0) is 0 Å². The molecule has 0 aromatic carbocycles. The first-order chi connectivity index (χ1) is 3.29. The molecule has 0 unspecified atom stereocenters. The first kappa shape index (κ1) is 4.26. The second-order valence-corrected chi connectivity index (χ2v) is 1.32. The molecular formula is C3H7N3O. The maximum absolute atomic E-state index is 5.18. The molecule has 1 aliphatic heterocycles. The number of nitrogens with zero attached hydrogens (tertiary/aromatic N) is 1. The second-order valence-electron chi connectivity index (χ2n) is 1.32. The van der Waals surface area contributed by atoms with Gasteiger partial charge in [0.25, 0.3) is 0 Å². The zero-order valence-electron chi connectivity index (χ0n) is 3.79. The number of hydrazine groups is 1. The molecule has 0 saturated heterocycles. The van der Waals surface area contributed by atoms with Crippen molar-refractivity contribution in [2.75, 3.05) is 6.73 Å². The Morgan fingerprint density at radius 3 is 2.71 bits per heavy atom. The van der Waals surface area contributed by atoms with Crippen LogP contribution in [0.5, 0.6) is 0 Å². The van der Waals surface area contributed by atoms with E-state index in [-0.39, 0.29) is 0 Å². The smallest absolute Gasteiger partial charge is 0.204 e. The predicted molar refractivity (Wildman–Crippen MR) is 24.2 cm³/mol. The van der Waals surface area contributed by atoms with Crippen molar-refractivity contribution in [3.05, 3.63) is 12.1 Å². The van der Waals surface area contributed by atoms with Crippen LogP contribution in [-0.2, 0) is 4.74 Å². The van der Waals surface area contributed by atoms with E-state index in [2.05, 4.69) is 0 Å². The second kappa shape index (κ2) is 1.31. The number of nitrogens with two attached hydrogens (primary N) is 2. The number of hydrogen-bond donors (Lipinski definition) is 2. The minimum absolute atomic E-state index is 0.367. The van der Waals surface area contributed by atoms with Gasteiger partial charge in [-0.1, -0.05) is 0 Å². The lowest BCUT2D eigenvalue weighted by Gasteiger charge is -2.00. The fraction of sp³-hybridized carbons (Fsp3) is 0.333. The quantitative estimate of drug-likeness (QED) is 0.380. The molecule has 4 nitrogen and oxygen atoms in total. The zero-order valence-corrected chi connectivity index (χ0v) is 3.79. The molecule has 0 spiro atoms. The maximum atomic E-state index is 5.18. The Labute approximate surface area is 41.3 Å². The molecule has 40 valence electrons. The maximum Gasteiger partial charge on any atom is 0.204 e. The largest absolute Gasteiger partial charge is 0.456 e. The van der Waals surface area contributed by atoms with E-state index in [9.17, 15) is 0 Å². The molecule has 0 aromatic heterocycles. The molecule has 0 aromatic rings. The van der Waals surface area contributed by atoms with Gasteiger partial charge < -0.3 is 10.5 Å². The highest BCUT2D eigenvalue weighted by molar-refractivity contribution is 4.88. The first-order valence-corrected chi connectivity index (χ1v) is 1.90. The molecule has 0 saturated carbocycles. The van der Waals surface area contributed by atoms with Gasteiger partial charge in [-0.15, -0.1) is 0 Å². The van der Waals surface area contributed by atoms with Crippen LogP contribution in [0.1, 0.15) is 0 Å². The molecule has 1 rings (SSSR count). The van der Waals surface area contributed by atoms with Gasteiger partial charge in [0, 0.05) is 0 Å². The molecule has 0 bridgehead atoms. The highest BCUT2D eigenvalue weighted by atomic mass is 16.5. The van der Waals surface area contributed by atoms with Crippen molar-refractivity contribution in [3.63, 3.8) is 0 Å². The highest BCUT2D eigenvalue weighted by Crippen LogP contribution is 1.97. The molecule has 0 radical (unpaired) electrons. The Bertz CT molecular complexity index is 100. The fourth-order valence-corrected chi connectivity index (χ4v) is 0.387. The lowest BCUT2D eigenvalue weighted by Crippen LogP contribution is -2.22. The molecular weight excluding hydrogens is 94.1 g/mol. The summed E-state index contributed by atoms with van der Waals surface area (Å²) in [7, 11) is 0. The van der Waals surface area contributed by atoms with Crippen molar-refractivity contribution < 1.29 is 4.74 Å². The van der Waals surface area contributed by atoms with E-state index in [1.165, 1.54) is 11.2 Å². The third-order valence-corrected chi connectivity index (χ3v) is 0.673. The third kappa shape index (κ3) is 0.747. The van der Waals surface area contributed by atoms with Crippen molar-refractivity contribution in [2.45, 2.75) is 0 Å². The summed E-state index contributed by atoms with van der Waals surface area (Å²) in [5.74, 6) is 5.55. The Morgan fingerprint density at radius 2 is 2.57 bits per heavy atom. The fourth-order valence-electron chi connectivity index (χ4n) is 0.387. The Morgan fingerprint density at radius 1 is 1.86 bits per heavy atom. The van der Waals surface area contributed by atoms with E-state index in [1.807, 2.05) is 0 Å². The number of hydrogen-bond acceptors (Lipinski definition) is 4. The van der Waals surface area contributed by atoms with Gasteiger partial charge in [0.15, 0.2) is 6.73 Å². The van der Waals surface area contributed by atoms with Crippen LogP contribution in [0.15, 0.2) is 12.1 Å².